The van der Waals surface area contributed by atoms with E-state index in [1.165, 1.54) is 12.1 Å². The van der Waals surface area contributed by atoms with E-state index in [0.717, 1.165) is 0 Å². The van der Waals surface area contributed by atoms with E-state index in [-0.39, 0.29) is 18.2 Å². The van der Waals surface area contributed by atoms with Crippen molar-refractivity contribution >= 4 is 11.6 Å². The average Bonchev–Trinajstić information content (AvgIpc) is 2.96. The Hall–Kier alpha value is -2.58. The quantitative estimate of drug-likeness (QED) is 0.850. The van der Waals surface area contributed by atoms with Gasteiger partial charge in [-0.3, -0.25) is 4.79 Å². The summed E-state index contributed by atoms with van der Waals surface area (Å²) in [6.07, 6.45) is 1.79. The lowest BCUT2D eigenvalue weighted by Gasteiger charge is -2.08. The van der Waals surface area contributed by atoms with Gasteiger partial charge in [-0.2, -0.15) is 0 Å². The van der Waals surface area contributed by atoms with Gasteiger partial charge in [0.25, 0.3) is 5.91 Å². The van der Waals surface area contributed by atoms with E-state index in [1.54, 1.807) is 29.0 Å². The van der Waals surface area contributed by atoms with Crippen molar-refractivity contribution in [2.75, 3.05) is 11.9 Å². The molecule has 1 aromatic carbocycles. The van der Waals surface area contributed by atoms with Crippen molar-refractivity contribution in [3.63, 3.8) is 0 Å². The smallest absolute Gasteiger partial charge is 0.272 e. The average molecular weight is 286 g/mol. The molecule has 0 atom stereocenters. The third-order valence-corrected chi connectivity index (χ3v) is 2.93. The molecular weight excluding hydrogens is 271 g/mol. The molecule has 4 nitrogen and oxygen atoms in total. The van der Waals surface area contributed by atoms with Crippen molar-refractivity contribution < 1.29 is 14.3 Å². The lowest BCUT2D eigenvalue weighted by atomic mass is 10.2. The Morgan fingerprint density at radius 1 is 1.43 bits per heavy atom. The minimum Gasteiger partial charge on any atom is -0.384 e. The van der Waals surface area contributed by atoms with Crippen LogP contribution in [0, 0.1) is 17.7 Å². The largest absolute Gasteiger partial charge is 0.384 e. The number of aliphatic hydroxyl groups excluding tert-OH is 1. The molecule has 0 aliphatic heterocycles. The maximum Gasteiger partial charge on any atom is 0.272 e. The van der Waals surface area contributed by atoms with E-state index >= 15 is 0 Å². The third-order valence-electron chi connectivity index (χ3n) is 2.93. The van der Waals surface area contributed by atoms with E-state index < -0.39 is 5.82 Å². The summed E-state index contributed by atoms with van der Waals surface area (Å²) >= 11 is 0. The van der Waals surface area contributed by atoms with Crippen molar-refractivity contribution in [2.24, 2.45) is 0 Å². The number of hydrogen-bond donors (Lipinski definition) is 2. The molecule has 5 heteroatoms. The Bertz CT molecular complexity index is 711. The van der Waals surface area contributed by atoms with E-state index in [9.17, 15) is 9.18 Å². The first-order valence-electron chi connectivity index (χ1n) is 6.51. The molecule has 0 unspecified atom stereocenters. The van der Waals surface area contributed by atoms with Gasteiger partial charge in [0, 0.05) is 18.3 Å². The van der Waals surface area contributed by atoms with Gasteiger partial charge in [-0.15, -0.1) is 0 Å². The molecule has 0 bridgehead atoms. The SMILES string of the molecule is CCn1cccc1C(=O)Nc1ccc(C#CCO)cc1F. The number of aliphatic hydroxyl groups is 1. The van der Waals surface area contributed by atoms with Gasteiger partial charge in [-0.25, -0.2) is 4.39 Å². The molecule has 0 fully saturated rings. The first kappa shape index (κ1) is 14.8. The highest BCUT2D eigenvalue weighted by molar-refractivity contribution is 6.03. The summed E-state index contributed by atoms with van der Waals surface area (Å²) in [6.45, 7) is 2.30. The van der Waals surface area contributed by atoms with Gasteiger partial charge in [-0.05, 0) is 37.3 Å². The molecule has 2 rings (SSSR count). The molecule has 108 valence electrons. The number of benzene rings is 1. The number of amides is 1. The zero-order chi connectivity index (χ0) is 15.2. The lowest BCUT2D eigenvalue weighted by Crippen LogP contribution is -2.17. The standard InChI is InChI=1S/C16H15FN2O2/c1-2-19-9-3-6-15(19)16(21)18-14-8-7-12(5-4-10-20)11-13(14)17/h3,6-9,11,20H,2,10H2,1H3,(H,18,21). The summed E-state index contributed by atoms with van der Waals surface area (Å²) in [5.41, 5.74) is 1.01. The van der Waals surface area contributed by atoms with Crippen molar-refractivity contribution in [3.05, 3.63) is 53.6 Å². The molecule has 0 aliphatic rings. The number of aryl methyl sites for hydroxylation is 1. The second kappa shape index (κ2) is 6.73. The number of hydrogen-bond acceptors (Lipinski definition) is 2. The van der Waals surface area contributed by atoms with Crippen LogP contribution in [0.2, 0.25) is 0 Å². The highest BCUT2D eigenvalue weighted by Crippen LogP contribution is 2.16. The predicted octanol–water partition coefficient (Wildman–Crippen LogP) is 2.24. The zero-order valence-electron chi connectivity index (χ0n) is 11.6. The Balaban J connectivity index is 2.18. The number of carbonyl (C=O) groups is 1. The van der Waals surface area contributed by atoms with Gasteiger partial charge >= 0.3 is 0 Å². The molecule has 1 heterocycles. The van der Waals surface area contributed by atoms with Crippen LogP contribution in [0.3, 0.4) is 0 Å². The van der Waals surface area contributed by atoms with Crippen molar-refractivity contribution in [1.29, 1.82) is 0 Å². The Kier molecular flexibility index (Phi) is 4.75. The molecule has 0 saturated carbocycles. The highest BCUT2D eigenvalue weighted by Gasteiger charge is 2.12. The summed E-state index contributed by atoms with van der Waals surface area (Å²) in [5, 5.41) is 11.1. The van der Waals surface area contributed by atoms with Gasteiger partial charge in [0.05, 0.1) is 5.69 Å². The first-order valence-corrected chi connectivity index (χ1v) is 6.51. The molecule has 21 heavy (non-hydrogen) atoms. The van der Waals surface area contributed by atoms with Gasteiger partial charge in [0.1, 0.15) is 18.1 Å². The minimum absolute atomic E-state index is 0.0957. The fourth-order valence-electron chi connectivity index (χ4n) is 1.92. The summed E-state index contributed by atoms with van der Waals surface area (Å²) < 4.78 is 15.7. The third kappa shape index (κ3) is 3.50. The fraction of sp³-hybridized carbons (Fsp3) is 0.188. The maximum atomic E-state index is 13.9. The molecule has 2 aromatic rings. The van der Waals surface area contributed by atoms with Crippen LogP contribution in [0.4, 0.5) is 10.1 Å². The number of nitrogens with zero attached hydrogens (tertiary/aromatic N) is 1. The molecule has 1 aromatic heterocycles. The van der Waals surface area contributed by atoms with Crippen LogP contribution in [0.25, 0.3) is 0 Å². The number of nitrogens with one attached hydrogen (secondary N) is 1. The Labute approximate surface area is 122 Å². The summed E-state index contributed by atoms with van der Waals surface area (Å²) in [6, 6.07) is 7.70. The number of anilines is 1. The van der Waals surface area contributed by atoms with Crippen LogP contribution < -0.4 is 5.32 Å². The molecule has 2 N–H and O–H groups in total. The molecule has 0 saturated heterocycles. The number of halogens is 1. The van der Waals surface area contributed by atoms with E-state index in [1.807, 2.05) is 6.92 Å². The van der Waals surface area contributed by atoms with Gasteiger partial charge in [0.2, 0.25) is 0 Å². The van der Waals surface area contributed by atoms with Crippen LogP contribution in [-0.2, 0) is 6.54 Å². The van der Waals surface area contributed by atoms with E-state index in [2.05, 4.69) is 17.2 Å². The molecule has 1 amide bonds. The summed E-state index contributed by atoms with van der Waals surface area (Å²) in [4.78, 5) is 12.1. The monoisotopic (exact) mass is 286 g/mol. The van der Waals surface area contributed by atoms with Crippen molar-refractivity contribution in [1.82, 2.24) is 4.57 Å². The van der Waals surface area contributed by atoms with Crippen LogP contribution >= 0.6 is 0 Å². The first-order chi connectivity index (χ1) is 10.2. The van der Waals surface area contributed by atoms with E-state index in [4.69, 9.17) is 5.11 Å². The number of aromatic nitrogens is 1. The predicted molar refractivity (Wildman–Crippen MR) is 78.4 cm³/mol. The van der Waals surface area contributed by atoms with Crippen molar-refractivity contribution in [2.45, 2.75) is 13.5 Å². The van der Waals surface area contributed by atoms with E-state index in [0.29, 0.717) is 17.8 Å². The topological polar surface area (TPSA) is 54.3 Å². The number of rotatable bonds is 3. The normalized spacial score (nSPS) is 9.86. The van der Waals surface area contributed by atoms with Crippen LogP contribution in [0.1, 0.15) is 23.0 Å². The molecule has 0 aliphatic carbocycles. The second-order valence-corrected chi connectivity index (χ2v) is 4.29. The second-order valence-electron chi connectivity index (χ2n) is 4.29. The molecule has 0 spiro atoms. The molecular formula is C16H15FN2O2. The zero-order valence-corrected chi connectivity index (χ0v) is 11.6. The summed E-state index contributed by atoms with van der Waals surface area (Å²) in [7, 11) is 0. The van der Waals surface area contributed by atoms with Crippen LogP contribution in [0.15, 0.2) is 36.5 Å². The van der Waals surface area contributed by atoms with Crippen LogP contribution in [-0.4, -0.2) is 22.2 Å². The van der Waals surface area contributed by atoms with Crippen LogP contribution in [0.5, 0.6) is 0 Å². The Morgan fingerprint density at radius 2 is 2.24 bits per heavy atom. The lowest BCUT2D eigenvalue weighted by molar-refractivity contribution is 0.101. The van der Waals surface area contributed by atoms with Gasteiger partial charge in [-0.1, -0.05) is 11.8 Å². The number of carbonyl (C=O) groups excluding carboxylic acids is 1. The molecule has 0 radical (unpaired) electrons. The summed E-state index contributed by atoms with van der Waals surface area (Å²) in [5.74, 6) is 4.11. The Morgan fingerprint density at radius 3 is 2.90 bits per heavy atom. The minimum atomic E-state index is -0.567. The van der Waals surface area contributed by atoms with Gasteiger partial charge < -0.3 is 15.0 Å². The van der Waals surface area contributed by atoms with Crippen molar-refractivity contribution in [3.8, 4) is 11.8 Å². The maximum absolute atomic E-state index is 13.9. The van der Waals surface area contributed by atoms with Gasteiger partial charge in [0.15, 0.2) is 0 Å². The highest BCUT2D eigenvalue weighted by atomic mass is 19.1. The fourth-order valence-corrected chi connectivity index (χ4v) is 1.92.